The second-order valence-corrected chi connectivity index (χ2v) is 12.6. The van der Waals surface area contributed by atoms with Crippen molar-refractivity contribution in [1.29, 1.82) is 5.26 Å². The van der Waals surface area contributed by atoms with Gasteiger partial charge in [-0.15, -0.1) is 0 Å². The SMILES string of the molecule is Cc1cc(Nc2cc(N3CCC(C(=O)NS(C)(=O)=O)CC3)nc(NC3C[C@H]4CC[C@@H](C3)N4CCC#N)n2)n[nH]1. The fourth-order valence-electron chi connectivity index (χ4n) is 6.09. The van der Waals surface area contributed by atoms with Gasteiger partial charge in [0.2, 0.25) is 21.9 Å². The van der Waals surface area contributed by atoms with Crippen LogP contribution in [0.5, 0.6) is 0 Å². The Kier molecular flexibility index (Phi) is 7.90. The normalized spacial score (nSPS) is 23.8. The van der Waals surface area contributed by atoms with Gasteiger partial charge in [-0.25, -0.2) is 8.42 Å². The number of carbonyl (C=O) groups is 1. The third-order valence-corrected chi connectivity index (χ3v) is 8.42. The molecule has 0 spiro atoms. The summed E-state index contributed by atoms with van der Waals surface area (Å²) < 4.78 is 25.0. The number of anilines is 4. The topological polar surface area (TPSA) is 172 Å². The Hall–Kier alpha value is -3.44. The second kappa shape index (κ2) is 11.4. The highest BCUT2D eigenvalue weighted by molar-refractivity contribution is 7.89. The third kappa shape index (κ3) is 6.77. The maximum atomic E-state index is 12.3. The molecule has 5 heterocycles. The number of sulfonamides is 1. The van der Waals surface area contributed by atoms with Gasteiger partial charge in [0.05, 0.1) is 12.3 Å². The smallest absolute Gasteiger partial charge is 0.236 e. The lowest BCUT2D eigenvalue weighted by Crippen LogP contribution is -2.47. The van der Waals surface area contributed by atoms with Crippen LogP contribution in [0, 0.1) is 24.2 Å². The molecule has 3 fully saturated rings. The van der Waals surface area contributed by atoms with Crippen LogP contribution in [-0.2, 0) is 14.8 Å². The van der Waals surface area contributed by atoms with E-state index in [9.17, 15) is 13.2 Å². The molecule has 0 aliphatic carbocycles. The summed E-state index contributed by atoms with van der Waals surface area (Å²) in [4.78, 5) is 26.5. The lowest BCUT2D eigenvalue weighted by Gasteiger charge is -2.39. The number of nitriles is 1. The molecule has 14 heteroatoms. The van der Waals surface area contributed by atoms with E-state index < -0.39 is 15.9 Å². The highest BCUT2D eigenvalue weighted by atomic mass is 32.2. The Labute approximate surface area is 228 Å². The van der Waals surface area contributed by atoms with Crippen LogP contribution in [0.25, 0.3) is 0 Å². The zero-order valence-corrected chi connectivity index (χ0v) is 23.2. The van der Waals surface area contributed by atoms with Gasteiger partial charge in [0, 0.05) is 67.9 Å². The van der Waals surface area contributed by atoms with Crippen LogP contribution in [0.4, 0.5) is 23.4 Å². The standard InChI is InChI=1S/C25H36N10O3S/c1-16-12-22(32-31-16)28-21-15-23(34-10-6-17(7-11-34)24(36)33-39(2,37)38)30-25(29-21)27-18-13-19-4-5-20(14-18)35(19)9-3-8-26/h12,15,17-20H,3-7,9-11,13-14H2,1-2H3,(H,33,36)(H3,27,28,29,30,31,32)/t18?,19-,20+. The van der Waals surface area contributed by atoms with E-state index in [1.807, 2.05) is 19.1 Å². The average Bonchev–Trinajstić information content (AvgIpc) is 3.39. The van der Waals surface area contributed by atoms with Gasteiger partial charge in [-0.05, 0) is 45.4 Å². The number of H-pyrrole nitrogens is 1. The molecule has 0 aromatic carbocycles. The summed E-state index contributed by atoms with van der Waals surface area (Å²) in [5.74, 6) is 1.73. The second-order valence-electron chi connectivity index (χ2n) is 10.8. The molecule has 1 unspecified atom stereocenters. The quantitative estimate of drug-likeness (QED) is 0.355. The first-order chi connectivity index (χ1) is 18.7. The molecule has 0 saturated carbocycles. The lowest BCUT2D eigenvalue weighted by atomic mass is 9.96. The van der Waals surface area contributed by atoms with Gasteiger partial charge in [-0.2, -0.15) is 20.3 Å². The van der Waals surface area contributed by atoms with Crippen LogP contribution in [0.2, 0.25) is 0 Å². The molecule has 3 saturated heterocycles. The number of nitrogens with zero attached hydrogens (tertiary/aromatic N) is 6. The first kappa shape index (κ1) is 27.1. The lowest BCUT2D eigenvalue weighted by molar-refractivity contribution is -0.123. The van der Waals surface area contributed by atoms with Crippen LogP contribution in [-0.4, -0.2) is 83.4 Å². The summed E-state index contributed by atoms with van der Waals surface area (Å²) in [5.41, 5.74) is 0.929. The molecule has 210 valence electrons. The molecule has 4 N–H and O–H groups in total. The monoisotopic (exact) mass is 556 g/mol. The number of amides is 1. The number of nitrogens with one attached hydrogen (secondary N) is 4. The zero-order chi connectivity index (χ0) is 27.6. The first-order valence-corrected chi connectivity index (χ1v) is 15.4. The molecule has 39 heavy (non-hydrogen) atoms. The predicted molar refractivity (Wildman–Crippen MR) is 147 cm³/mol. The van der Waals surface area contributed by atoms with E-state index in [0.717, 1.165) is 50.0 Å². The van der Waals surface area contributed by atoms with Crippen molar-refractivity contribution in [3.63, 3.8) is 0 Å². The van der Waals surface area contributed by atoms with Crippen LogP contribution < -0.4 is 20.3 Å². The van der Waals surface area contributed by atoms with E-state index in [1.165, 1.54) is 0 Å². The zero-order valence-electron chi connectivity index (χ0n) is 22.4. The number of fused-ring (bicyclic) bond motifs is 2. The molecule has 5 rings (SSSR count). The van der Waals surface area contributed by atoms with E-state index in [-0.39, 0.29) is 12.0 Å². The fourth-order valence-corrected chi connectivity index (χ4v) is 6.63. The highest BCUT2D eigenvalue weighted by Crippen LogP contribution is 2.37. The van der Waals surface area contributed by atoms with Crippen molar-refractivity contribution in [3.05, 3.63) is 17.8 Å². The van der Waals surface area contributed by atoms with Gasteiger partial charge in [0.25, 0.3) is 0 Å². The molecule has 2 aromatic rings. The summed E-state index contributed by atoms with van der Waals surface area (Å²) in [6.45, 7) is 3.90. The Morgan fingerprint density at radius 3 is 2.46 bits per heavy atom. The number of hydrogen-bond donors (Lipinski definition) is 4. The molecular formula is C25H36N10O3S. The maximum absolute atomic E-state index is 12.3. The van der Waals surface area contributed by atoms with E-state index in [0.29, 0.717) is 62.0 Å². The summed E-state index contributed by atoms with van der Waals surface area (Å²) in [6, 6.07) is 7.23. The molecule has 0 radical (unpaired) electrons. The predicted octanol–water partition coefficient (Wildman–Crippen LogP) is 1.86. The molecule has 3 aliphatic heterocycles. The van der Waals surface area contributed by atoms with Gasteiger partial charge in [-0.1, -0.05) is 0 Å². The average molecular weight is 557 g/mol. The van der Waals surface area contributed by atoms with Crippen molar-refractivity contribution >= 4 is 39.3 Å². The van der Waals surface area contributed by atoms with Crippen molar-refractivity contribution in [2.24, 2.45) is 5.92 Å². The van der Waals surface area contributed by atoms with Crippen molar-refractivity contribution in [1.82, 2.24) is 29.8 Å². The number of piperidine rings is 2. The minimum absolute atomic E-state index is 0.238. The Morgan fingerprint density at radius 2 is 1.85 bits per heavy atom. The van der Waals surface area contributed by atoms with Gasteiger partial charge < -0.3 is 15.5 Å². The number of aryl methyl sites for hydroxylation is 1. The fraction of sp³-hybridized carbons (Fsp3) is 0.640. The first-order valence-electron chi connectivity index (χ1n) is 13.5. The molecule has 3 aliphatic rings. The Morgan fingerprint density at radius 1 is 1.13 bits per heavy atom. The number of carbonyl (C=O) groups excluding carboxylic acids is 1. The van der Waals surface area contributed by atoms with Crippen molar-refractivity contribution in [3.8, 4) is 6.07 Å². The number of aromatic nitrogens is 4. The number of aromatic amines is 1. The van der Waals surface area contributed by atoms with E-state index in [2.05, 4.69) is 41.4 Å². The third-order valence-electron chi connectivity index (χ3n) is 7.85. The van der Waals surface area contributed by atoms with E-state index in [4.69, 9.17) is 15.2 Å². The van der Waals surface area contributed by atoms with Crippen LogP contribution in [0.3, 0.4) is 0 Å². The van der Waals surface area contributed by atoms with Crippen molar-refractivity contribution in [2.45, 2.75) is 70.0 Å². The van der Waals surface area contributed by atoms with Gasteiger partial charge in [-0.3, -0.25) is 19.5 Å². The van der Waals surface area contributed by atoms with E-state index in [1.54, 1.807) is 0 Å². The van der Waals surface area contributed by atoms with Crippen LogP contribution in [0.15, 0.2) is 12.1 Å². The molecule has 2 bridgehead atoms. The maximum Gasteiger partial charge on any atom is 0.236 e. The Balaban J connectivity index is 1.30. The van der Waals surface area contributed by atoms with Crippen molar-refractivity contribution < 1.29 is 13.2 Å². The molecule has 3 atom stereocenters. The van der Waals surface area contributed by atoms with Gasteiger partial charge >= 0.3 is 0 Å². The Bertz CT molecular complexity index is 1320. The largest absolute Gasteiger partial charge is 0.356 e. The molecule has 13 nitrogen and oxygen atoms in total. The molecule has 2 aromatic heterocycles. The minimum atomic E-state index is -3.58. The minimum Gasteiger partial charge on any atom is -0.356 e. The van der Waals surface area contributed by atoms with Crippen LogP contribution in [0.1, 0.15) is 50.6 Å². The summed E-state index contributed by atoms with van der Waals surface area (Å²) >= 11 is 0. The summed E-state index contributed by atoms with van der Waals surface area (Å²) in [6.07, 6.45) is 6.89. The number of rotatable bonds is 9. The van der Waals surface area contributed by atoms with Gasteiger partial charge in [0.15, 0.2) is 5.82 Å². The highest BCUT2D eigenvalue weighted by Gasteiger charge is 2.40. The summed E-state index contributed by atoms with van der Waals surface area (Å²) in [5, 5.41) is 23.1. The number of hydrogen-bond acceptors (Lipinski definition) is 11. The van der Waals surface area contributed by atoms with E-state index >= 15 is 0 Å². The summed E-state index contributed by atoms with van der Waals surface area (Å²) in [7, 11) is -3.58. The van der Waals surface area contributed by atoms with Gasteiger partial charge in [0.1, 0.15) is 11.6 Å². The molecular weight excluding hydrogens is 520 g/mol. The van der Waals surface area contributed by atoms with Crippen LogP contribution >= 0.6 is 0 Å². The van der Waals surface area contributed by atoms with Crippen molar-refractivity contribution in [2.75, 3.05) is 41.4 Å². The molecule has 1 amide bonds.